The zero-order valence-electron chi connectivity index (χ0n) is 8.93. The molecule has 0 amide bonds. The number of benzene rings is 1. The van der Waals surface area contributed by atoms with E-state index in [0.29, 0.717) is 0 Å². The van der Waals surface area contributed by atoms with Crippen LogP contribution >= 0.6 is 0 Å². The fraction of sp³-hybridized carbons (Fsp3) is 0.154. The first-order chi connectivity index (χ1) is 7.33. The third kappa shape index (κ3) is 1.84. The smallest absolute Gasteiger partial charge is 0.236 e. The zero-order chi connectivity index (χ0) is 10.7. The van der Waals surface area contributed by atoms with Crippen LogP contribution in [0.15, 0.2) is 55.4 Å². The predicted molar refractivity (Wildman–Crippen MR) is 60.8 cm³/mol. The molecule has 2 rings (SSSR count). The monoisotopic (exact) mass is 199 g/mol. The van der Waals surface area contributed by atoms with Crippen LogP contribution in [0.1, 0.15) is 5.82 Å². The highest BCUT2D eigenvalue weighted by Crippen LogP contribution is 2.09. The molecule has 1 heterocycles. The van der Waals surface area contributed by atoms with Gasteiger partial charge in [-0.15, -0.1) is 6.58 Å². The molecule has 0 unspecified atom stereocenters. The van der Waals surface area contributed by atoms with E-state index in [9.17, 15) is 0 Å². The molecule has 0 spiro atoms. The number of rotatable bonds is 3. The molecule has 2 heteroatoms. The largest absolute Gasteiger partial charge is 0.265 e. The normalized spacial score (nSPS) is 10.2. The molecule has 0 saturated heterocycles. The minimum absolute atomic E-state index is 0.873. The number of imidazole rings is 1. The van der Waals surface area contributed by atoms with Crippen molar-refractivity contribution in [3.8, 4) is 5.69 Å². The Hall–Kier alpha value is -1.83. The summed E-state index contributed by atoms with van der Waals surface area (Å²) in [7, 11) is 2.05. The number of allylic oxidation sites excluding steroid dienone is 1. The van der Waals surface area contributed by atoms with Crippen molar-refractivity contribution in [2.75, 3.05) is 0 Å². The first kappa shape index (κ1) is 9.71. The van der Waals surface area contributed by atoms with Gasteiger partial charge in [-0.1, -0.05) is 24.3 Å². The molecule has 0 bridgehead atoms. The Labute approximate surface area is 90.1 Å². The molecule has 76 valence electrons. The van der Waals surface area contributed by atoms with Gasteiger partial charge in [0.2, 0.25) is 0 Å². The Kier molecular flexibility index (Phi) is 2.68. The summed E-state index contributed by atoms with van der Waals surface area (Å²) in [6.45, 7) is 3.78. The lowest BCUT2D eigenvalue weighted by atomic mass is 10.3. The Bertz CT molecular complexity index is 455. The van der Waals surface area contributed by atoms with Crippen molar-refractivity contribution in [2.45, 2.75) is 6.42 Å². The van der Waals surface area contributed by atoms with E-state index in [-0.39, 0.29) is 0 Å². The van der Waals surface area contributed by atoms with E-state index >= 15 is 0 Å². The number of nitrogens with zero attached hydrogens (tertiary/aromatic N) is 2. The average Bonchev–Trinajstić information content (AvgIpc) is 2.63. The van der Waals surface area contributed by atoms with Crippen LogP contribution in [-0.2, 0) is 13.5 Å². The Morgan fingerprint density at radius 3 is 2.73 bits per heavy atom. The van der Waals surface area contributed by atoms with Crippen molar-refractivity contribution in [1.29, 1.82) is 0 Å². The van der Waals surface area contributed by atoms with Gasteiger partial charge >= 0.3 is 0 Å². The number of aryl methyl sites for hydroxylation is 1. The lowest BCUT2D eigenvalue weighted by molar-refractivity contribution is -0.678. The average molecular weight is 199 g/mol. The van der Waals surface area contributed by atoms with Crippen LogP contribution in [0.25, 0.3) is 5.69 Å². The minimum atomic E-state index is 0.873. The summed E-state index contributed by atoms with van der Waals surface area (Å²) in [6.07, 6.45) is 6.94. The maximum Gasteiger partial charge on any atom is 0.265 e. The fourth-order valence-electron chi connectivity index (χ4n) is 1.70. The summed E-state index contributed by atoms with van der Waals surface area (Å²) < 4.78 is 4.30. The van der Waals surface area contributed by atoms with E-state index in [4.69, 9.17) is 0 Å². The van der Waals surface area contributed by atoms with Gasteiger partial charge in [0.25, 0.3) is 5.82 Å². The second-order valence-corrected chi connectivity index (χ2v) is 3.52. The fourth-order valence-corrected chi connectivity index (χ4v) is 1.70. The van der Waals surface area contributed by atoms with E-state index in [1.165, 1.54) is 11.5 Å². The highest BCUT2D eigenvalue weighted by Gasteiger charge is 2.13. The Morgan fingerprint density at radius 1 is 1.33 bits per heavy atom. The van der Waals surface area contributed by atoms with Crippen molar-refractivity contribution >= 4 is 0 Å². The lowest BCUT2D eigenvalue weighted by Gasteiger charge is -1.99. The van der Waals surface area contributed by atoms with Gasteiger partial charge in [0.05, 0.1) is 13.5 Å². The van der Waals surface area contributed by atoms with Crippen LogP contribution in [-0.4, -0.2) is 4.57 Å². The second kappa shape index (κ2) is 4.13. The summed E-state index contributed by atoms with van der Waals surface area (Å²) in [5, 5.41) is 0. The van der Waals surface area contributed by atoms with Gasteiger partial charge < -0.3 is 0 Å². The quantitative estimate of drug-likeness (QED) is 0.528. The van der Waals surface area contributed by atoms with Crippen molar-refractivity contribution in [3.63, 3.8) is 0 Å². The van der Waals surface area contributed by atoms with Crippen molar-refractivity contribution in [2.24, 2.45) is 7.05 Å². The number of para-hydroxylation sites is 1. The molecule has 0 radical (unpaired) electrons. The van der Waals surface area contributed by atoms with Gasteiger partial charge in [0, 0.05) is 0 Å². The van der Waals surface area contributed by atoms with Crippen LogP contribution in [0.2, 0.25) is 0 Å². The van der Waals surface area contributed by atoms with E-state index in [1.54, 1.807) is 0 Å². The third-order valence-corrected chi connectivity index (χ3v) is 2.49. The molecule has 1 aromatic heterocycles. The molecule has 0 N–H and O–H groups in total. The second-order valence-electron chi connectivity index (χ2n) is 3.52. The maximum absolute atomic E-state index is 3.78. The molecular weight excluding hydrogens is 184 g/mol. The Morgan fingerprint density at radius 2 is 2.07 bits per heavy atom. The molecule has 2 nitrogen and oxygen atoms in total. The standard InChI is InChI=1S/C13H15N2/c1-3-7-13-14(2)10-11-15(13)12-8-5-4-6-9-12/h3-6,8-11H,1,7H2,2H3/q+1. The van der Waals surface area contributed by atoms with Crippen LogP contribution in [0.5, 0.6) is 0 Å². The minimum Gasteiger partial charge on any atom is -0.236 e. The SMILES string of the molecule is C=CCc1n(-c2ccccc2)cc[n+]1C. The van der Waals surface area contributed by atoms with Crippen molar-refractivity contribution in [3.05, 3.63) is 61.2 Å². The third-order valence-electron chi connectivity index (χ3n) is 2.49. The summed E-state index contributed by atoms with van der Waals surface area (Å²) in [6, 6.07) is 10.3. The highest BCUT2D eigenvalue weighted by atomic mass is 15.1. The molecule has 0 aliphatic heterocycles. The molecule has 0 fully saturated rings. The number of hydrogen-bond acceptors (Lipinski definition) is 0. The summed E-state index contributed by atoms with van der Waals surface area (Å²) >= 11 is 0. The van der Waals surface area contributed by atoms with E-state index in [0.717, 1.165) is 6.42 Å². The highest BCUT2D eigenvalue weighted by molar-refractivity contribution is 5.32. The van der Waals surface area contributed by atoms with E-state index in [1.807, 2.05) is 24.3 Å². The van der Waals surface area contributed by atoms with Crippen LogP contribution in [0.4, 0.5) is 0 Å². The van der Waals surface area contributed by atoms with Gasteiger partial charge in [0.15, 0.2) is 0 Å². The zero-order valence-corrected chi connectivity index (χ0v) is 8.93. The van der Waals surface area contributed by atoms with Crippen LogP contribution in [0.3, 0.4) is 0 Å². The molecule has 0 atom stereocenters. The molecule has 0 aliphatic rings. The molecule has 15 heavy (non-hydrogen) atoms. The van der Waals surface area contributed by atoms with Crippen molar-refractivity contribution in [1.82, 2.24) is 4.57 Å². The lowest BCUT2D eigenvalue weighted by Crippen LogP contribution is -2.31. The first-order valence-electron chi connectivity index (χ1n) is 5.05. The molecule has 2 aromatic rings. The summed E-state index contributed by atoms with van der Waals surface area (Å²) in [4.78, 5) is 0. The van der Waals surface area contributed by atoms with E-state index in [2.05, 4.69) is 47.3 Å². The van der Waals surface area contributed by atoms with E-state index < -0.39 is 0 Å². The molecule has 0 saturated carbocycles. The summed E-state index contributed by atoms with van der Waals surface area (Å²) in [5.41, 5.74) is 1.19. The number of hydrogen-bond donors (Lipinski definition) is 0. The first-order valence-corrected chi connectivity index (χ1v) is 5.05. The molecule has 0 aliphatic carbocycles. The van der Waals surface area contributed by atoms with Gasteiger partial charge in [-0.25, -0.2) is 4.57 Å². The van der Waals surface area contributed by atoms with Crippen molar-refractivity contribution < 1.29 is 4.57 Å². The predicted octanol–water partition coefficient (Wildman–Crippen LogP) is 2.03. The summed E-state index contributed by atoms with van der Waals surface area (Å²) in [5.74, 6) is 1.23. The Balaban J connectivity index is 2.49. The van der Waals surface area contributed by atoms with Crippen LogP contribution in [0, 0.1) is 0 Å². The van der Waals surface area contributed by atoms with Crippen LogP contribution < -0.4 is 4.57 Å². The number of aromatic nitrogens is 2. The van der Waals surface area contributed by atoms with Gasteiger partial charge in [-0.2, -0.15) is 4.57 Å². The molecular formula is C13H15N2+. The van der Waals surface area contributed by atoms with Gasteiger partial charge in [-0.3, -0.25) is 0 Å². The molecule has 1 aromatic carbocycles. The van der Waals surface area contributed by atoms with Gasteiger partial charge in [0.1, 0.15) is 18.1 Å². The maximum atomic E-state index is 3.78. The topological polar surface area (TPSA) is 8.81 Å². The van der Waals surface area contributed by atoms with Gasteiger partial charge in [-0.05, 0) is 12.1 Å².